The highest BCUT2D eigenvalue weighted by Crippen LogP contribution is 2.19. The molecule has 2 rings (SSSR count). The molecule has 1 aliphatic heterocycles. The first-order chi connectivity index (χ1) is 8.58. The van der Waals surface area contributed by atoms with Crippen molar-refractivity contribution < 1.29 is 9.59 Å². The molecule has 0 radical (unpaired) electrons. The molecule has 0 bridgehead atoms. The van der Waals surface area contributed by atoms with Crippen molar-refractivity contribution in [1.82, 2.24) is 5.32 Å². The van der Waals surface area contributed by atoms with E-state index in [0.29, 0.717) is 18.2 Å². The molecule has 0 spiro atoms. The first kappa shape index (κ1) is 12.4. The average Bonchev–Trinajstić information content (AvgIpc) is 2.76. The number of amides is 2. The topological polar surface area (TPSA) is 58.2 Å². The zero-order valence-corrected chi connectivity index (χ0v) is 10.5. The van der Waals surface area contributed by atoms with Gasteiger partial charge in [-0.3, -0.25) is 9.59 Å². The van der Waals surface area contributed by atoms with Crippen LogP contribution < -0.4 is 10.6 Å². The highest BCUT2D eigenvalue weighted by molar-refractivity contribution is 6.23. The van der Waals surface area contributed by atoms with E-state index in [0.717, 1.165) is 5.56 Å². The Morgan fingerprint density at radius 3 is 2.78 bits per heavy atom. The Morgan fingerprint density at radius 2 is 2.17 bits per heavy atom. The third kappa shape index (κ3) is 2.59. The summed E-state index contributed by atoms with van der Waals surface area (Å²) >= 11 is 0. The maximum atomic E-state index is 11.9. The predicted octanol–water partition coefficient (Wildman–Crippen LogP) is 1.80. The van der Waals surface area contributed by atoms with Crippen molar-refractivity contribution in [2.45, 2.75) is 19.8 Å². The van der Waals surface area contributed by atoms with Crippen LogP contribution in [0.25, 0.3) is 0 Å². The SMILES string of the molecule is CC(C)c1cccc(NC(=O)C2=CCNC2=O)c1. The van der Waals surface area contributed by atoms with Crippen molar-refractivity contribution >= 4 is 17.5 Å². The summed E-state index contributed by atoms with van der Waals surface area (Å²) in [7, 11) is 0. The van der Waals surface area contributed by atoms with Gasteiger partial charge in [0.05, 0.1) is 0 Å². The third-order valence-electron chi connectivity index (χ3n) is 2.87. The highest BCUT2D eigenvalue weighted by atomic mass is 16.2. The van der Waals surface area contributed by atoms with Gasteiger partial charge >= 0.3 is 0 Å². The third-order valence-corrected chi connectivity index (χ3v) is 2.87. The van der Waals surface area contributed by atoms with Crippen molar-refractivity contribution in [3.63, 3.8) is 0 Å². The van der Waals surface area contributed by atoms with Crippen molar-refractivity contribution in [2.75, 3.05) is 11.9 Å². The lowest BCUT2D eigenvalue weighted by Gasteiger charge is -2.09. The summed E-state index contributed by atoms with van der Waals surface area (Å²) in [6, 6.07) is 7.66. The van der Waals surface area contributed by atoms with Crippen LogP contribution in [-0.2, 0) is 9.59 Å². The molecule has 0 saturated heterocycles. The van der Waals surface area contributed by atoms with Crippen LogP contribution in [0.1, 0.15) is 25.3 Å². The number of hydrogen-bond acceptors (Lipinski definition) is 2. The Balaban J connectivity index is 2.12. The van der Waals surface area contributed by atoms with Gasteiger partial charge in [-0.05, 0) is 29.7 Å². The van der Waals surface area contributed by atoms with Crippen LogP contribution in [-0.4, -0.2) is 18.4 Å². The van der Waals surface area contributed by atoms with Crippen LogP contribution in [0.5, 0.6) is 0 Å². The molecular weight excluding hydrogens is 228 g/mol. The predicted molar refractivity (Wildman–Crippen MR) is 70.3 cm³/mol. The second-order valence-electron chi connectivity index (χ2n) is 4.56. The number of rotatable bonds is 3. The summed E-state index contributed by atoms with van der Waals surface area (Å²) in [5, 5.41) is 5.32. The lowest BCUT2D eigenvalue weighted by Crippen LogP contribution is -2.24. The molecule has 0 aromatic heterocycles. The first-order valence-corrected chi connectivity index (χ1v) is 5.97. The summed E-state index contributed by atoms with van der Waals surface area (Å²) in [5.41, 5.74) is 2.05. The van der Waals surface area contributed by atoms with Gasteiger partial charge in [0.15, 0.2) is 0 Å². The van der Waals surface area contributed by atoms with Gasteiger partial charge in [0.25, 0.3) is 11.8 Å². The van der Waals surface area contributed by atoms with E-state index >= 15 is 0 Å². The van der Waals surface area contributed by atoms with E-state index in [9.17, 15) is 9.59 Å². The van der Waals surface area contributed by atoms with Crippen molar-refractivity contribution in [1.29, 1.82) is 0 Å². The summed E-state index contributed by atoms with van der Waals surface area (Å²) in [4.78, 5) is 23.2. The van der Waals surface area contributed by atoms with Gasteiger partial charge in [-0.2, -0.15) is 0 Å². The lowest BCUT2D eigenvalue weighted by molar-refractivity contribution is -0.120. The standard InChI is InChI=1S/C14H16N2O2/c1-9(2)10-4-3-5-11(8-10)16-14(18)12-6-7-15-13(12)17/h3-6,8-9H,7H2,1-2H3,(H,15,17)(H,16,18). The van der Waals surface area contributed by atoms with Crippen LogP contribution in [0.3, 0.4) is 0 Å². The molecule has 4 heteroatoms. The van der Waals surface area contributed by atoms with Crippen LogP contribution in [0.15, 0.2) is 35.9 Å². The van der Waals surface area contributed by atoms with Crippen LogP contribution in [0.2, 0.25) is 0 Å². The van der Waals surface area contributed by atoms with Crippen molar-refractivity contribution in [3.05, 3.63) is 41.5 Å². The fourth-order valence-electron chi connectivity index (χ4n) is 1.80. The fraction of sp³-hybridized carbons (Fsp3) is 0.286. The first-order valence-electron chi connectivity index (χ1n) is 5.97. The zero-order valence-electron chi connectivity index (χ0n) is 10.5. The molecule has 1 aromatic rings. The molecule has 0 aliphatic carbocycles. The second-order valence-corrected chi connectivity index (χ2v) is 4.56. The normalized spacial score (nSPS) is 14.4. The van der Waals surface area contributed by atoms with Gasteiger partial charge in [0, 0.05) is 12.2 Å². The molecule has 0 unspecified atom stereocenters. The van der Waals surface area contributed by atoms with Crippen LogP contribution in [0, 0.1) is 0 Å². The van der Waals surface area contributed by atoms with E-state index in [-0.39, 0.29) is 17.4 Å². The molecule has 1 aromatic carbocycles. The van der Waals surface area contributed by atoms with E-state index in [1.165, 1.54) is 0 Å². The van der Waals surface area contributed by atoms with Crippen LogP contribution >= 0.6 is 0 Å². The van der Waals surface area contributed by atoms with E-state index in [2.05, 4.69) is 24.5 Å². The number of carbonyl (C=O) groups excluding carboxylic acids is 2. The van der Waals surface area contributed by atoms with Gasteiger partial charge < -0.3 is 10.6 Å². The maximum absolute atomic E-state index is 11.9. The van der Waals surface area contributed by atoms with Gasteiger partial charge in [0.1, 0.15) is 5.57 Å². The Kier molecular flexibility index (Phi) is 3.46. The molecule has 0 saturated carbocycles. The molecule has 0 fully saturated rings. The summed E-state index contributed by atoms with van der Waals surface area (Å²) in [6.45, 7) is 4.61. The second kappa shape index (κ2) is 5.04. The Morgan fingerprint density at radius 1 is 1.39 bits per heavy atom. The van der Waals surface area contributed by atoms with E-state index in [1.54, 1.807) is 6.08 Å². The summed E-state index contributed by atoms with van der Waals surface area (Å²) < 4.78 is 0. The molecule has 1 aliphatic rings. The Bertz CT molecular complexity index is 518. The molecule has 4 nitrogen and oxygen atoms in total. The molecule has 94 valence electrons. The van der Waals surface area contributed by atoms with Crippen molar-refractivity contribution in [2.24, 2.45) is 0 Å². The Labute approximate surface area is 106 Å². The Hall–Kier alpha value is -2.10. The van der Waals surface area contributed by atoms with E-state index < -0.39 is 0 Å². The van der Waals surface area contributed by atoms with Gasteiger partial charge in [-0.1, -0.05) is 26.0 Å². The zero-order chi connectivity index (χ0) is 13.1. The van der Waals surface area contributed by atoms with Crippen molar-refractivity contribution in [3.8, 4) is 0 Å². The number of nitrogens with one attached hydrogen (secondary N) is 2. The van der Waals surface area contributed by atoms with Gasteiger partial charge in [-0.25, -0.2) is 0 Å². The fourth-order valence-corrected chi connectivity index (χ4v) is 1.80. The van der Waals surface area contributed by atoms with E-state index in [1.807, 2.05) is 24.3 Å². The summed E-state index contributed by atoms with van der Waals surface area (Å²) in [6.07, 6.45) is 1.60. The van der Waals surface area contributed by atoms with Gasteiger partial charge in [-0.15, -0.1) is 0 Å². The quantitative estimate of drug-likeness (QED) is 0.797. The monoisotopic (exact) mass is 244 g/mol. The minimum atomic E-state index is -0.356. The molecule has 2 N–H and O–H groups in total. The minimum Gasteiger partial charge on any atom is -0.348 e. The molecule has 0 atom stereocenters. The van der Waals surface area contributed by atoms with E-state index in [4.69, 9.17) is 0 Å². The lowest BCUT2D eigenvalue weighted by atomic mass is 10.0. The van der Waals surface area contributed by atoms with Gasteiger partial charge in [0.2, 0.25) is 0 Å². The molecular formula is C14H16N2O2. The summed E-state index contributed by atoms with van der Waals surface area (Å²) in [5.74, 6) is -0.269. The smallest absolute Gasteiger partial charge is 0.260 e. The molecule has 2 amide bonds. The van der Waals surface area contributed by atoms with Crippen LogP contribution in [0.4, 0.5) is 5.69 Å². The molecule has 1 heterocycles. The highest BCUT2D eigenvalue weighted by Gasteiger charge is 2.21. The largest absolute Gasteiger partial charge is 0.348 e. The number of carbonyl (C=O) groups is 2. The number of anilines is 1. The number of benzene rings is 1. The number of hydrogen-bond donors (Lipinski definition) is 2. The average molecular weight is 244 g/mol. The maximum Gasteiger partial charge on any atom is 0.260 e. The minimum absolute atomic E-state index is 0.185. The molecule has 18 heavy (non-hydrogen) atoms.